The van der Waals surface area contributed by atoms with E-state index in [9.17, 15) is 35.6 Å². The largest absolute Gasteiger partial charge is 0.417 e. The maximum absolute atomic E-state index is 16.8. The highest BCUT2D eigenvalue weighted by molar-refractivity contribution is 7.92. The predicted molar refractivity (Wildman–Crippen MR) is 160 cm³/mol. The SMILES string of the molecule is CC(=O)N1CCC2(CC1)c1c(ccc(C(=O)NCc3ncc(C(F)(F)F)cc3Cl)c1F)N(S(=O)(=O)c1ccc(F)cc1)C2C(C)C. The summed E-state index contributed by atoms with van der Waals surface area (Å²) in [6, 6.07) is 6.62. The van der Waals surface area contributed by atoms with Gasteiger partial charge in [-0.1, -0.05) is 25.4 Å². The molecular formula is C31H30ClF5N4O4S. The van der Waals surface area contributed by atoms with Crippen LogP contribution in [0.5, 0.6) is 0 Å². The number of nitrogens with zero attached hydrogens (tertiary/aromatic N) is 3. The minimum atomic E-state index is -4.67. The van der Waals surface area contributed by atoms with E-state index in [1.165, 1.54) is 13.0 Å². The fourth-order valence-electron chi connectivity index (χ4n) is 6.61. The van der Waals surface area contributed by atoms with E-state index in [1.54, 1.807) is 18.7 Å². The summed E-state index contributed by atoms with van der Waals surface area (Å²) in [5.41, 5.74) is -2.66. The van der Waals surface area contributed by atoms with Gasteiger partial charge in [-0.05, 0) is 61.2 Å². The average Bonchev–Trinajstić information content (AvgIpc) is 3.27. The molecule has 2 aliphatic heterocycles. The third-order valence-electron chi connectivity index (χ3n) is 8.68. The summed E-state index contributed by atoms with van der Waals surface area (Å²) in [6.45, 7) is 5.04. The summed E-state index contributed by atoms with van der Waals surface area (Å²) in [5.74, 6) is -3.07. The highest BCUT2D eigenvalue weighted by atomic mass is 35.5. The lowest BCUT2D eigenvalue weighted by Crippen LogP contribution is -2.55. The number of nitrogens with one attached hydrogen (secondary N) is 1. The number of halogens is 6. The van der Waals surface area contributed by atoms with Crippen LogP contribution in [0.1, 0.15) is 60.8 Å². The maximum Gasteiger partial charge on any atom is 0.417 e. The fraction of sp³-hybridized carbons (Fsp3) is 0.387. The minimum Gasteiger partial charge on any atom is -0.346 e. The number of carbonyl (C=O) groups is 2. The molecule has 1 unspecified atom stereocenters. The van der Waals surface area contributed by atoms with Crippen molar-refractivity contribution in [2.75, 3.05) is 17.4 Å². The second-order valence-corrected chi connectivity index (χ2v) is 14.0. The summed E-state index contributed by atoms with van der Waals surface area (Å²) < 4.78 is 99.0. The lowest BCUT2D eigenvalue weighted by atomic mass is 9.66. The van der Waals surface area contributed by atoms with Gasteiger partial charge in [0.2, 0.25) is 5.91 Å². The van der Waals surface area contributed by atoms with Gasteiger partial charge < -0.3 is 10.2 Å². The third kappa shape index (κ3) is 5.81. The smallest absolute Gasteiger partial charge is 0.346 e. The molecular weight excluding hydrogens is 655 g/mol. The Labute approximate surface area is 267 Å². The van der Waals surface area contributed by atoms with Gasteiger partial charge in [0.25, 0.3) is 15.9 Å². The normalized spacial score (nSPS) is 17.8. The summed E-state index contributed by atoms with van der Waals surface area (Å²) in [4.78, 5) is 30.6. The standard InChI is InChI=1S/C31H30ClF5N4O4S/c1-17(2)28-30(10-12-40(13-11-30)18(3)42)26-25(41(28)46(44,45)21-6-4-20(33)5-7-21)9-8-22(27(26)34)29(43)39-16-24-23(32)14-19(15-38-24)31(35,36)37/h4-9,14-15,17,28H,10-13,16H2,1-3H3,(H,39,43). The summed E-state index contributed by atoms with van der Waals surface area (Å²) in [5, 5.41) is 2.09. The first-order valence-electron chi connectivity index (χ1n) is 14.4. The van der Waals surface area contributed by atoms with Gasteiger partial charge >= 0.3 is 6.18 Å². The second kappa shape index (κ2) is 12.1. The molecule has 2 aliphatic rings. The van der Waals surface area contributed by atoms with Crippen molar-refractivity contribution in [1.82, 2.24) is 15.2 Å². The van der Waals surface area contributed by atoms with Crippen LogP contribution >= 0.6 is 11.6 Å². The number of pyridine rings is 1. The van der Waals surface area contributed by atoms with E-state index >= 15 is 4.39 Å². The van der Waals surface area contributed by atoms with Crippen LogP contribution in [0.2, 0.25) is 5.02 Å². The van der Waals surface area contributed by atoms with Crippen LogP contribution in [0.4, 0.5) is 27.6 Å². The van der Waals surface area contributed by atoms with Crippen molar-refractivity contribution in [2.24, 2.45) is 5.92 Å². The number of likely N-dealkylation sites (tertiary alicyclic amines) is 1. The zero-order valence-electron chi connectivity index (χ0n) is 25.0. The molecule has 1 atom stereocenters. The Morgan fingerprint density at radius 2 is 1.72 bits per heavy atom. The molecule has 3 aromatic rings. The Morgan fingerprint density at radius 3 is 2.26 bits per heavy atom. The number of anilines is 1. The van der Waals surface area contributed by atoms with Gasteiger partial charge in [0.15, 0.2) is 0 Å². The van der Waals surface area contributed by atoms with Crippen molar-refractivity contribution in [2.45, 2.75) is 62.7 Å². The molecule has 0 bridgehead atoms. The van der Waals surface area contributed by atoms with Gasteiger partial charge in [0.1, 0.15) is 11.6 Å². The zero-order valence-corrected chi connectivity index (χ0v) is 26.5. The van der Waals surface area contributed by atoms with Crippen LogP contribution < -0.4 is 9.62 Å². The van der Waals surface area contributed by atoms with Gasteiger partial charge in [0.05, 0.1) is 45.0 Å². The zero-order chi connectivity index (χ0) is 33.8. The number of hydrogen-bond donors (Lipinski definition) is 1. The van der Waals surface area contributed by atoms with Crippen LogP contribution in [-0.4, -0.2) is 49.2 Å². The number of rotatable bonds is 6. The van der Waals surface area contributed by atoms with E-state index in [0.717, 1.165) is 34.6 Å². The molecule has 8 nitrogen and oxygen atoms in total. The topological polar surface area (TPSA) is 99.7 Å². The first-order chi connectivity index (χ1) is 21.5. The molecule has 15 heteroatoms. The van der Waals surface area contributed by atoms with Crippen LogP contribution in [0, 0.1) is 17.6 Å². The van der Waals surface area contributed by atoms with Crippen LogP contribution in [0.25, 0.3) is 0 Å². The molecule has 1 aromatic heterocycles. The van der Waals surface area contributed by atoms with Gasteiger partial charge in [-0.25, -0.2) is 17.2 Å². The third-order valence-corrected chi connectivity index (χ3v) is 10.8. The lowest BCUT2D eigenvalue weighted by Gasteiger charge is -2.46. The molecule has 46 heavy (non-hydrogen) atoms. The Bertz CT molecular complexity index is 1790. The second-order valence-electron chi connectivity index (χ2n) is 11.8. The van der Waals surface area contributed by atoms with Crippen LogP contribution in [-0.2, 0) is 33.0 Å². The van der Waals surface area contributed by atoms with Crippen molar-refractivity contribution < 1.29 is 40.0 Å². The van der Waals surface area contributed by atoms with E-state index in [0.29, 0.717) is 12.3 Å². The maximum atomic E-state index is 16.8. The number of piperidine rings is 1. The number of aromatic nitrogens is 1. The molecule has 1 saturated heterocycles. The number of alkyl halides is 3. The van der Waals surface area contributed by atoms with E-state index in [4.69, 9.17) is 11.6 Å². The summed E-state index contributed by atoms with van der Waals surface area (Å²) >= 11 is 5.97. The number of hydrogen-bond acceptors (Lipinski definition) is 5. The van der Waals surface area contributed by atoms with E-state index in [-0.39, 0.29) is 64.6 Å². The fourth-order valence-corrected chi connectivity index (χ4v) is 8.70. The van der Waals surface area contributed by atoms with Gasteiger partial charge in [0, 0.05) is 37.2 Å². The molecule has 3 heterocycles. The van der Waals surface area contributed by atoms with E-state index < -0.39 is 62.9 Å². The number of amides is 2. The van der Waals surface area contributed by atoms with Gasteiger partial charge in [-0.15, -0.1) is 0 Å². The Hall–Kier alpha value is -3.78. The first-order valence-corrected chi connectivity index (χ1v) is 16.2. The monoisotopic (exact) mass is 684 g/mol. The summed E-state index contributed by atoms with van der Waals surface area (Å²) in [6.07, 6.45) is -3.70. The Balaban J connectivity index is 1.58. The van der Waals surface area contributed by atoms with Gasteiger partial charge in [-0.2, -0.15) is 13.2 Å². The molecule has 1 N–H and O–H groups in total. The molecule has 1 spiro atoms. The lowest BCUT2D eigenvalue weighted by molar-refractivity contribution is -0.137. The highest BCUT2D eigenvalue weighted by Gasteiger charge is 2.58. The van der Waals surface area contributed by atoms with Crippen molar-refractivity contribution in [1.29, 1.82) is 0 Å². The summed E-state index contributed by atoms with van der Waals surface area (Å²) in [7, 11) is -4.37. The molecule has 0 saturated carbocycles. The molecule has 0 radical (unpaired) electrons. The molecule has 0 aliphatic carbocycles. The van der Waals surface area contributed by atoms with Crippen molar-refractivity contribution in [3.63, 3.8) is 0 Å². The molecule has 246 valence electrons. The number of fused-ring (bicyclic) bond motifs is 2. The quantitative estimate of drug-likeness (QED) is 0.318. The predicted octanol–water partition coefficient (Wildman–Crippen LogP) is 6.08. The number of carbonyl (C=O) groups excluding carboxylic acids is 2. The Morgan fingerprint density at radius 1 is 1.09 bits per heavy atom. The van der Waals surface area contributed by atoms with Gasteiger partial charge in [-0.3, -0.25) is 18.9 Å². The van der Waals surface area contributed by atoms with Crippen LogP contribution in [0.3, 0.4) is 0 Å². The number of benzene rings is 2. The molecule has 2 amide bonds. The molecule has 1 fully saturated rings. The van der Waals surface area contributed by atoms with E-state index in [2.05, 4.69) is 10.3 Å². The van der Waals surface area contributed by atoms with Crippen molar-refractivity contribution in [3.8, 4) is 0 Å². The van der Waals surface area contributed by atoms with E-state index in [1.807, 2.05) is 0 Å². The van der Waals surface area contributed by atoms with Crippen molar-refractivity contribution in [3.05, 3.63) is 87.7 Å². The number of sulfonamides is 1. The highest BCUT2D eigenvalue weighted by Crippen LogP contribution is 2.56. The van der Waals surface area contributed by atoms with Crippen LogP contribution in [0.15, 0.2) is 53.6 Å². The Kier molecular flexibility index (Phi) is 8.84. The molecule has 2 aromatic carbocycles. The first kappa shape index (κ1) is 33.6. The minimum absolute atomic E-state index is 0.0124. The average molecular weight is 685 g/mol. The van der Waals surface area contributed by atoms with Crippen molar-refractivity contribution >= 4 is 39.1 Å². The molecule has 5 rings (SSSR count).